The van der Waals surface area contributed by atoms with Crippen LogP contribution in [0.5, 0.6) is 34.5 Å². The number of aromatic nitrogens is 3. The minimum atomic E-state index is -0.456. The lowest BCUT2D eigenvalue weighted by Gasteiger charge is -2.22. The zero-order valence-corrected chi connectivity index (χ0v) is 71.3. The predicted octanol–water partition coefficient (Wildman–Crippen LogP) is 26.5. The fraction of sp³-hybridized carbons (Fsp3) is 0.677. The maximum Gasteiger partial charge on any atom is 0.161 e. The number of aliphatic imine (C=N–C) groups is 1. The third kappa shape index (κ3) is 28.6. The van der Waals surface area contributed by atoms with Crippen LogP contribution in [0.25, 0.3) is 32.3 Å². The first-order chi connectivity index (χ1) is 55.3. The van der Waals surface area contributed by atoms with E-state index in [1.54, 1.807) is 0 Å². The number of amidine groups is 1. The second-order valence-corrected chi connectivity index (χ2v) is 32.1. The van der Waals surface area contributed by atoms with E-state index in [-0.39, 0.29) is 0 Å². The Balaban J connectivity index is 1.30. The highest BCUT2D eigenvalue weighted by molar-refractivity contribution is 6.02. The molecule has 1 atom stereocenters. The maximum atomic E-state index is 6.92. The molecule has 112 heavy (non-hydrogen) atoms. The minimum Gasteiger partial charge on any atom is -0.490 e. The van der Waals surface area contributed by atoms with Crippen molar-refractivity contribution in [2.45, 2.75) is 364 Å². The Hall–Kier alpha value is -7.23. The number of aromatic amines is 3. The van der Waals surface area contributed by atoms with Crippen LogP contribution < -0.4 is 50.4 Å². The molecule has 5 heterocycles. The first kappa shape index (κ1) is 88.7. The van der Waals surface area contributed by atoms with Gasteiger partial charge in [-0.2, -0.15) is 0 Å². The summed E-state index contributed by atoms with van der Waals surface area (Å²) in [6.45, 7) is 22.7. The van der Waals surface area contributed by atoms with E-state index in [9.17, 15) is 0 Å². The van der Waals surface area contributed by atoms with Gasteiger partial charge in [-0.25, -0.2) is 25.0 Å². The van der Waals surface area contributed by atoms with Crippen LogP contribution in [0.3, 0.4) is 0 Å². The van der Waals surface area contributed by atoms with E-state index in [4.69, 9.17) is 62.9 Å². The summed E-state index contributed by atoms with van der Waals surface area (Å²) in [6.07, 6.45) is 59.8. The fourth-order valence-corrected chi connectivity index (χ4v) is 15.5. The Kier molecular flexibility index (Phi) is 41.4. The van der Waals surface area contributed by atoms with Crippen LogP contribution in [0.1, 0.15) is 364 Å². The van der Waals surface area contributed by atoms with Crippen LogP contribution in [0.15, 0.2) is 96.4 Å². The minimum absolute atomic E-state index is 0.456. The molecule has 0 amide bonds. The Morgan fingerprint density at radius 2 is 0.482 bits per heavy atom. The van der Waals surface area contributed by atoms with Crippen molar-refractivity contribution in [2.24, 2.45) is 30.9 Å². The van der Waals surface area contributed by atoms with E-state index in [1.807, 2.05) is 0 Å². The SMILES string of the molecule is CCCCCCCCOC1=CC2=C3N=C(N=c4[nH]/c(c5cc(OCCCCCCCC)c(OCCCCCCCC)cc45)=N\c4[nH]c(c5cc(OCCCCCCCC)c(OCCCCCCCC)cc45)N=c4[nH]c(c5cc(OCCCCCCCC)c(OCCCCCCCC)cc45)=N3)C2C=C1OCCCCCCCC. The van der Waals surface area contributed by atoms with Crippen LogP contribution in [-0.2, 0) is 9.47 Å². The number of nitrogens with zero attached hydrogens (tertiary/aromatic N) is 5. The summed E-state index contributed by atoms with van der Waals surface area (Å²) in [5, 5.41) is 4.99. The predicted molar refractivity (Wildman–Crippen MR) is 465 cm³/mol. The summed E-state index contributed by atoms with van der Waals surface area (Å²) in [6, 6.07) is 12.8. The van der Waals surface area contributed by atoms with Gasteiger partial charge in [0.15, 0.2) is 51.8 Å². The molecule has 8 bridgehead atoms. The van der Waals surface area contributed by atoms with E-state index < -0.39 is 5.92 Å². The highest BCUT2D eigenvalue weighted by atomic mass is 16.5. The summed E-state index contributed by atoms with van der Waals surface area (Å²) in [7, 11) is 0. The van der Waals surface area contributed by atoms with Crippen LogP contribution in [0.4, 0.5) is 11.6 Å². The number of ether oxygens (including phenoxy) is 8. The van der Waals surface area contributed by atoms with Gasteiger partial charge in [-0.3, -0.25) is 0 Å². The number of hydrogen-bond acceptors (Lipinski definition) is 13. The average Bonchev–Trinajstić information content (AvgIpc) is 1.59. The lowest BCUT2D eigenvalue weighted by atomic mass is 9.93. The van der Waals surface area contributed by atoms with E-state index in [0.29, 0.717) is 144 Å². The zero-order chi connectivity index (χ0) is 78.4. The number of H-pyrrole nitrogens is 3. The molecule has 3 aromatic heterocycles. The number of nitrogens with one attached hydrogen (secondary N) is 3. The highest BCUT2D eigenvalue weighted by Crippen LogP contribution is 2.44. The maximum absolute atomic E-state index is 6.92. The molecule has 0 spiro atoms. The third-order valence-electron chi connectivity index (χ3n) is 22.4. The number of benzene rings is 3. The normalized spacial score (nSPS) is 14.2. The van der Waals surface area contributed by atoms with Crippen molar-refractivity contribution in [1.82, 2.24) is 15.0 Å². The molecule has 1 unspecified atom stereocenters. The summed E-state index contributed by atoms with van der Waals surface area (Å²) < 4.78 is 55.3. The molecule has 16 heteroatoms. The van der Waals surface area contributed by atoms with E-state index >= 15 is 0 Å². The molecule has 3 aromatic carbocycles. The van der Waals surface area contributed by atoms with Gasteiger partial charge >= 0.3 is 0 Å². The van der Waals surface area contributed by atoms with Crippen molar-refractivity contribution < 1.29 is 37.9 Å². The highest BCUT2D eigenvalue weighted by Gasteiger charge is 2.34. The van der Waals surface area contributed by atoms with Crippen molar-refractivity contribution >= 4 is 49.8 Å². The molecular weight excluding hydrogens is 1390 g/mol. The third-order valence-corrected chi connectivity index (χ3v) is 22.4. The smallest absolute Gasteiger partial charge is 0.161 e. The molecule has 2 aliphatic heterocycles. The first-order valence-corrected chi connectivity index (χ1v) is 46.1. The first-order valence-electron chi connectivity index (χ1n) is 46.1. The van der Waals surface area contributed by atoms with E-state index in [1.165, 1.54) is 205 Å². The molecule has 620 valence electrons. The van der Waals surface area contributed by atoms with Gasteiger partial charge in [0, 0.05) is 37.9 Å². The Morgan fingerprint density at radius 1 is 0.241 bits per heavy atom. The number of rotatable bonds is 64. The summed E-state index contributed by atoms with van der Waals surface area (Å²) in [4.78, 5) is 40.0. The van der Waals surface area contributed by atoms with E-state index in [0.717, 1.165) is 141 Å². The average molecular weight is 1540 g/mol. The molecule has 3 aliphatic rings. The van der Waals surface area contributed by atoms with Crippen LogP contribution in [0.2, 0.25) is 0 Å². The molecule has 0 saturated heterocycles. The molecule has 3 N–H and O–H groups in total. The second kappa shape index (κ2) is 52.3. The van der Waals surface area contributed by atoms with Gasteiger partial charge in [0.1, 0.15) is 39.4 Å². The zero-order valence-electron chi connectivity index (χ0n) is 71.3. The molecule has 0 radical (unpaired) electrons. The largest absolute Gasteiger partial charge is 0.490 e. The lowest BCUT2D eigenvalue weighted by molar-refractivity contribution is 0.143. The van der Waals surface area contributed by atoms with Gasteiger partial charge in [0.05, 0.1) is 58.8 Å². The van der Waals surface area contributed by atoms with Crippen molar-refractivity contribution in [2.75, 3.05) is 52.9 Å². The Labute approximate surface area is 674 Å². The van der Waals surface area contributed by atoms with Crippen LogP contribution >= 0.6 is 0 Å². The molecule has 16 nitrogen and oxygen atoms in total. The van der Waals surface area contributed by atoms with Crippen molar-refractivity contribution in [3.8, 4) is 34.5 Å². The monoisotopic (exact) mass is 1540 g/mol. The molecule has 6 aromatic rings. The quantitative estimate of drug-likeness (QED) is 0.0315. The summed E-state index contributed by atoms with van der Waals surface area (Å²) >= 11 is 0. The number of unbranched alkanes of at least 4 members (excludes halogenated alkanes) is 40. The fourth-order valence-electron chi connectivity index (χ4n) is 15.5. The standard InChI is InChI=1S/C96H148N8O8/c1-9-17-25-33-41-49-57-105-81-65-73-74(66-82(81)106-58-50-42-34-26-18-10-2)90-97-89(73)101-91-75-67-83(107-59-51-43-35-27-19-11-3)84(108-60-52-44-36-28-20-12-4)68-76(75)93(98-91)103-95-79-71-87(111-63-55-47-39-31-23-15-7)88(112-64-56-48-40-32-24-16-8)72-80(79)96(100-95)104-94-78-70-86(110-62-54-46-38-30-22-14-6)85(69-77(78)92(99-94)102-90)109-61-53-45-37-29-21-13-5/h65-73,100H,9-64H2,1-8H3,(H,99,102,104)(H,97,98,101,103). The van der Waals surface area contributed by atoms with Crippen molar-refractivity contribution in [3.05, 3.63) is 93.4 Å². The lowest BCUT2D eigenvalue weighted by Crippen LogP contribution is -2.20. The number of allylic oxidation sites excluding steroid dienone is 1. The van der Waals surface area contributed by atoms with Crippen LogP contribution in [0, 0.1) is 5.92 Å². The van der Waals surface area contributed by atoms with Crippen LogP contribution in [-0.4, -0.2) is 73.6 Å². The van der Waals surface area contributed by atoms with Gasteiger partial charge < -0.3 is 52.8 Å². The second-order valence-electron chi connectivity index (χ2n) is 32.1. The summed E-state index contributed by atoms with van der Waals surface area (Å²) in [5.74, 6) is 7.34. The van der Waals surface area contributed by atoms with Gasteiger partial charge in [-0.05, 0) is 99.9 Å². The van der Waals surface area contributed by atoms with Gasteiger partial charge in [0.25, 0.3) is 0 Å². The molecule has 0 fully saturated rings. The Bertz CT molecular complexity index is 4100. The Morgan fingerprint density at radius 3 is 0.777 bits per heavy atom. The number of fused-ring (bicyclic) bond motifs is 18. The van der Waals surface area contributed by atoms with E-state index in [2.05, 4.69) is 119 Å². The molecule has 0 saturated carbocycles. The summed E-state index contributed by atoms with van der Waals surface area (Å²) in [5.41, 5.74) is 3.22. The van der Waals surface area contributed by atoms with Crippen molar-refractivity contribution in [3.63, 3.8) is 0 Å². The van der Waals surface area contributed by atoms with Gasteiger partial charge in [-0.15, -0.1) is 0 Å². The topological polar surface area (TPSA) is 183 Å². The molecule has 9 rings (SSSR count). The molecule has 1 aliphatic carbocycles. The number of hydrogen-bond donors (Lipinski definition) is 3. The van der Waals surface area contributed by atoms with Crippen molar-refractivity contribution in [1.29, 1.82) is 0 Å². The van der Waals surface area contributed by atoms with Gasteiger partial charge in [-0.1, -0.05) is 312 Å². The molecular formula is C96H148N8O8. The van der Waals surface area contributed by atoms with Gasteiger partial charge in [0.2, 0.25) is 0 Å².